The first kappa shape index (κ1) is 27.7. The van der Waals surface area contributed by atoms with Gasteiger partial charge in [-0.25, -0.2) is 18.6 Å². The summed E-state index contributed by atoms with van der Waals surface area (Å²) in [5.41, 5.74) is 2.76. The molecular formula is C28H22N4O7S. The predicted molar refractivity (Wildman–Crippen MR) is 148 cm³/mol. The first-order valence-corrected chi connectivity index (χ1v) is 13.2. The van der Waals surface area contributed by atoms with E-state index in [2.05, 4.69) is 10.5 Å². The zero-order valence-corrected chi connectivity index (χ0v) is 21.6. The highest BCUT2D eigenvalue weighted by Gasteiger charge is 2.33. The number of benzene rings is 4. The van der Waals surface area contributed by atoms with Gasteiger partial charge in [0.25, 0.3) is 21.6 Å². The summed E-state index contributed by atoms with van der Waals surface area (Å²) in [7, 11) is -4.50. The van der Waals surface area contributed by atoms with Gasteiger partial charge in [-0.3, -0.25) is 19.2 Å². The van der Waals surface area contributed by atoms with Gasteiger partial charge in [-0.15, -0.1) is 0 Å². The number of esters is 1. The van der Waals surface area contributed by atoms with E-state index in [0.29, 0.717) is 16.9 Å². The lowest BCUT2D eigenvalue weighted by Gasteiger charge is -2.23. The number of para-hydroxylation sites is 2. The predicted octanol–water partition coefficient (Wildman–Crippen LogP) is 4.16. The molecule has 0 bridgehead atoms. The Balaban J connectivity index is 1.45. The van der Waals surface area contributed by atoms with Crippen LogP contribution in [0, 0.1) is 10.1 Å². The fourth-order valence-electron chi connectivity index (χ4n) is 3.56. The molecule has 40 heavy (non-hydrogen) atoms. The first-order valence-electron chi connectivity index (χ1n) is 11.8. The molecule has 0 aliphatic heterocycles. The fourth-order valence-corrected chi connectivity index (χ4v) is 5.14. The maximum absolute atomic E-state index is 13.5. The third-order valence-corrected chi connectivity index (χ3v) is 7.29. The molecule has 0 fully saturated rings. The van der Waals surface area contributed by atoms with Crippen molar-refractivity contribution < 1.29 is 27.7 Å². The maximum Gasteiger partial charge on any atom is 0.343 e. The number of rotatable bonds is 10. The van der Waals surface area contributed by atoms with Crippen molar-refractivity contribution in [1.29, 1.82) is 0 Å². The minimum Gasteiger partial charge on any atom is -0.423 e. The third-order valence-electron chi connectivity index (χ3n) is 5.46. The van der Waals surface area contributed by atoms with E-state index >= 15 is 0 Å². The molecule has 4 aromatic carbocycles. The van der Waals surface area contributed by atoms with Crippen LogP contribution in [-0.2, 0) is 14.8 Å². The number of nitrogens with zero attached hydrogens (tertiary/aromatic N) is 3. The number of hydrogen-bond donors (Lipinski definition) is 1. The molecule has 0 saturated carbocycles. The summed E-state index contributed by atoms with van der Waals surface area (Å²) >= 11 is 0. The summed E-state index contributed by atoms with van der Waals surface area (Å²) in [6.45, 7) is -0.690. The Morgan fingerprint density at radius 1 is 0.875 bits per heavy atom. The lowest BCUT2D eigenvalue weighted by molar-refractivity contribution is -0.387. The molecule has 0 atom stereocenters. The monoisotopic (exact) mass is 558 g/mol. The van der Waals surface area contributed by atoms with E-state index in [4.69, 9.17) is 4.74 Å². The number of hydrogen-bond acceptors (Lipinski definition) is 8. The van der Waals surface area contributed by atoms with E-state index in [1.807, 2.05) is 0 Å². The summed E-state index contributed by atoms with van der Waals surface area (Å²) in [6.07, 6.45) is 1.32. The first-order chi connectivity index (χ1) is 19.3. The quantitative estimate of drug-likeness (QED) is 0.101. The summed E-state index contributed by atoms with van der Waals surface area (Å²) < 4.78 is 33.0. The summed E-state index contributed by atoms with van der Waals surface area (Å²) in [5, 5.41) is 15.3. The molecule has 0 aliphatic carbocycles. The van der Waals surface area contributed by atoms with Crippen molar-refractivity contribution in [2.45, 2.75) is 4.90 Å². The van der Waals surface area contributed by atoms with Crippen molar-refractivity contribution in [1.82, 2.24) is 5.43 Å². The molecule has 0 unspecified atom stereocenters. The molecule has 202 valence electrons. The second kappa shape index (κ2) is 12.5. The van der Waals surface area contributed by atoms with Gasteiger partial charge >= 0.3 is 5.97 Å². The minimum absolute atomic E-state index is 0.139. The van der Waals surface area contributed by atoms with Gasteiger partial charge in [-0.05, 0) is 60.2 Å². The lowest BCUT2D eigenvalue weighted by atomic mass is 10.2. The molecule has 0 spiro atoms. The van der Waals surface area contributed by atoms with Crippen LogP contribution >= 0.6 is 0 Å². The Morgan fingerprint density at radius 2 is 1.48 bits per heavy atom. The minimum atomic E-state index is -4.50. The van der Waals surface area contributed by atoms with Crippen LogP contribution in [0.4, 0.5) is 11.4 Å². The van der Waals surface area contributed by atoms with Gasteiger partial charge in [0.1, 0.15) is 12.3 Å². The average molecular weight is 559 g/mol. The van der Waals surface area contributed by atoms with Crippen molar-refractivity contribution in [3.63, 3.8) is 0 Å². The van der Waals surface area contributed by atoms with Crippen LogP contribution in [0.15, 0.2) is 119 Å². The number of nitrogens with one attached hydrogen (secondary N) is 1. The van der Waals surface area contributed by atoms with Crippen LogP contribution in [0.5, 0.6) is 5.75 Å². The van der Waals surface area contributed by atoms with Crippen LogP contribution < -0.4 is 14.5 Å². The highest BCUT2D eigenvalue weighted by molar-refractivity contribution is 7.93. The fraction of sp³-hybridized carbons (Fsp3) is 0.0357. The second-order valence-electron chi connectivity index (χ2n) is 8.19. The largest absolute Gasteiger partial charge is 0.423 e. The van der Waals surface area contributed by atoms with Gasteiger partial charge in [0.2, 0.25) is 0 Å². The standard InChI is InChI=1S/C28H22N4O7S/c33-27(30-29-19-21-15-17-24(18-16-21)39-28(34)22-9-3-1-4-10-22)20-31(23-11-5-2-6-12-23)40(37,38)26-14-8-7-13-25(26)32(35)36/h1-19H,20H2,(H,30,33)/b29-19-. The van der Waals surface area contributed by atoms with Gasteiger partial charge in [0.15, 0.2) is 4.90 Å². The van der Waals surface area contributed by atoms with Crippen molar-refractivity contribution >= 4 is 39.5 Å². The summed E-state index contributed by atoms with van der Waals surface area (Å²) in [5.74, 6) is -0.975. The number of carbonyl (C=O) groups is 2. The number of carbonyl (C=O) groups excluding carboxylic acids is 2. The molecule has 4 aromatic rings. The third kappa shape index (κ3) is 6.74. The molecule has 0 saturated heterocycles. The molecule has 0 radical (unpaired) electrons. The number of nitro groups is 1. The van der Waals surface area contributed by atoms with E-state index < -0.39 is 44.0 Å². The molecule has 4 rings (SSSR count). The van der Waals surface area contributed by atoms with Crippen LogP contribution in [0.3, 0.4) is 0 Å². The number of nitro benzene ring substituents is 1. The summed E-state index contributed by atoms with van der Waals surface area (Å²) in [6, 6.07) is 27.5. The smallest absolute Gasteiger partial charge is 0.343 e. The molecule has 0 aliphatic rings. The number of ether oxygens (including phenoxy) is 1. The van der Waals surface area contributed by atoms with Crippen molar-refractivity contribution in [2.24, 2.45) is 5.10 Å². The molecule has 0 aromatic heterocycles. The highest BCUT2D eigenvalue weighted by Crippen LogP contribution is 2.29. The molecular weight excluding hydrogens is 536 g/mol. The van der Waals surface area contributed by atoms with Crippen molar-refractivity contribution in [3.8, 4) is 5.75 Å². The summed E-state index contributed by atoms with van der Waals surface area (Å²) in [4.78, 5) is 35.0. The number of sulfonamides is 1. The molecule has 1 amide bonds. The Morgan fingerprint density at radius 3 is 2.12 bits per heavy atom. The average Bonchev–Trinajstić information content (AvgIpc) is 2.97. The number of anilines is 1. The zero-order valence-electron chi connectivity index (χ0n) is 20.8. The zero-order chi connectivity index (χ0) is 28.5. The highest BCUT2D eigenvalue weighted by atomic mass is 32.2. The Labute approximate surface area is 229 Å². The van der Waals surface area contributed by atoms with Crippen LogP contribution in [0.2, 0.25) is 0 Å². The Hall–Kier alpha value is -5.36. The van der Waals surface area contributed by atoms with Gasteiger partial charge in [-0.1, -0.05) is 48.5 Å². The van der Waals surface area contributed by atoms with Gasteiger partial charge in [0, 0.05) is 6.07 Å². The number of amides is 1. The Kier molecular flexibility index (Phi) is 8.62. The maximum atomic E-state index is 13.5. The molecule has 12 heteroatoms. The molecule has 11 nitrogen and oxygen atoms in total. The Bertz CT molecular complexity index is 1640. The molecule has 1 N–H and O–H groups in total. The molecule has 0 heterocycles. The van der Waals surface area contributed by atoms with E-state index in [9.17, 15) is 28.1 Å². The van der Waals surface area contributed by atoms with Crippen LogP contribution in [-0.4, -0.2) is 38.0 Å². The van der Waals surface area contributed by atoms with E-state index in [1.54, 1.807) is 72.8 Å². The van der Waals surface area contributed by atoms with Crippen molar-refractivity contribution in [3.05, 3.63) is 130 Å². The van der Waals surface area contributed by atoms with Gasteiger partial charge in [-0.2, -0.15) is 5.10 Å². The van der Waals surface area contributed by atoms with Crippen LogP contribution in [0.1, 0.15) is 15.9 Å². The van der Waals surface area contributed by atoms with E-state index in [-0.39, 0.29) is 5.69 Å². The SMILES string of the molecule is O=C(CN(c1ccccc1)S(=O)(=O)c1ccccc1[N+](=O)[O-])N/N=C\c1ccc(OC(=O)c2ccccc2)cc1. The van der Waals surface area contributed by atoms with E-state index in [1.165, 1.54) is 30.5 Å². The van der Waals surface area contributed by atoms with Crippen LogP contribution in [0.25, 0.3) is 0 Å². The van der Waals surface area contributed by atoms with Crippen molar-refractivity contribution in [2.75, 3.05) is 10.8 Å². The second-order valence-corrected chi connectivity index (χ2v) is 10.0. The number of hydrazone groups is 1. The van der Waals surface area contributed by atoms with Gasteiger partial charge in [0.05, 0.1) is 22.4 Å². The van der Waals surface area contributed by atoms with Gasteiger partial charge < -0.3 is 4.74 Å². The van der Waals surface area contributed by atoms with E-state index in [0.717, 1.165) is 16.4 Å². The topological polar surface area (TPSA) is 148 Å². The normalized spacial score (nSPS) is 11.1. The lowest BCUT2D eigenvalue weighted by Crippen LogP contribution is -2.39.